The molecule has 3 heterocycles. The third kappa shape index (κ3) is 5.50. The van der Waals surface area contributed by atoms with Crippen molar-refractivity contribution in [2.24, 2.45) is 0 Å². The number of hydrogen-bond acceptors (Lipinski definition) is 6. The van der Waals surface area contributed by atoms with Gasteiger partial charge in [0, 0.05) is 25.4 Å². The number of hydrogen-bond donors (Lipinski definition) is 0. The van der Waals surface area contributed by atoms with E-state index in [0.29, 0.717) is 39.0 Å². The van der Waals surface area contributed by atoms with Crippen molar-refractivity contribution in [1.29, 1.82) is 0 Å². The van der Waals surface area contributed by atoms with Crippen LogP contribution in [0.3, 0.4) is 0 Å². The van der Waals surface area contributed by atoms with Gasteiger partial charge in [0.25, 0.3) is 0 Å². The molecule has 0 spiro atoms. The van der Waals surface area contributed by atoms with Gasteiger partial charge < -0.3 is 18.9 Å². The van der Waals surface area contributed by atoms with Crippen LogP contribution in [0, 0.1) is 0 Å². The summed E-state index contributed by atoms with van der Waals surface area (Å²) in [5, 5.41) is 5.40. The first-order valence-electron chi connectivity index (χ1n) is 8.84. The van der Waals surface area contributed by atoms with Crippen molar-refractivity contribution in [3.05, 3.63) is 16.7 Å². The molecule has 26 heavy (non-hydrogen) atoms. The molecular weight excluding hydrogens is 418 g/mol. The van der Waals surface area contributed by atoms with Gasteiger partial charge in [-0.05, 0) is 28.0 Å². The molecule has 1 unspecified atom stereocenters. The molecule has 0 saturated carbocycles. The average Bonchev–Trinajstić information content (AvgIpc) is 2.94. The van der Waals surface area contributed by atoms with Crippen molar-refractivity contribution in [3.8, 4) is 5.88 Å². The molecule has 1 aliphatic rings. The van der Waals surface area contributed by atoms with Gasteiger partial charge in [-0.25, -0.2) is 9.67 Å². The molecule has 1 saturated heterocycles. The molecule has 3 rings (SSSR count). The van der Waals surface area contributed by atoms with Crippen LogP contribution in [0.4, 0.5) is 0 Å². The van der Waals surface area contributed by atoms with Crippen LogP contribution >= 0.6 is 15.9 Å². The van der Waals surface area contributed by atoms with Crippen LogP contribution in [0.1, 0.15) is 0 Å². The lowest BCUT2D eigenvalue weighted by Gasteiger charge is -2.22. The minimum Gasteiger partial charge on any atom is -0.473 e. The molecular formula is C17H26BrN3O4Si. The Balaban J connectivity index is 1.68. The van der Waals surface area contributed by atoms with Crippen LogP contribution < -0.4 is 4.74 Å². The summed E-state index contributed by atoms with van der Waals surface area (Å²) in [5.74, 6) is 0.539. The normalized spacial score (nSPS) is 18.4. The Bertz CT molecular complexity index is 729. The molecule has 0 bridgehead atoms. The summed E-state index contributed by atoms with van der Waals surface area (Å²) in [4.78, 5) is 4.47. The standard InChI is InChI=1S/C17H26BrN3O4Si/c1-26(2,3)7-6-23-12-21-16-15(8-13(18)9-19-16)17(20-21)25-11-14-10-22-4-5-24-14/h8-9,14H,4-7,10-12H2,1-3H3. The second-order valence-electron chi connectivity index (χ2n) is 7.56. The van der Waals surface area contributed by atoms with Crippen molar-refractivity contribution in [2.45, 2.75) is 38.5 Å². The molecule has 0 N–H and O–H groups in total. The van der Waals surface area contributed by atoms with Crippen molar-refractivity contribution < 1.29 is 18.9 Å². The molecule has 1 fully saturated rings. The lowest BCUT2D eigenvalue weighted by Crippen LogP contribution is -2.33. The second kappa shape index (κ2) is 8.79. The summed E-state index contributed by atoms with van der Waals surface area (Å²) in [6.45, 7) is 10.3. The molecule has 1 aliphatic heterocycles. The van der Waals surface area contributed by atoms with Gasteiger partial charge in [-0.15, -0.1) is 5.10 Å². The highest BCUT2D eigenvalue weighted by atomic mass is 79.9. The highest BCUT2D eigenvalue weighted by Gasteiger charge is 2.19. The topological polar surface area (TPSA) is 67.6 Å². The Morgan fingerprint density at radius 3 is 2.92 bits per heavy atom. The van der Waals surface area contributed by atoms with E-state index in [1.54, 1.807) is 10.9 Å². The van der Waals surface area contributed by atoms with Crippen LogP contribution in [0.2, 0.25) is 25.7 Å². The first-order chi connectivity index (χ1) is 12.4. The summed E-state index contributed by atoms with van der Waals surface area (Å²) >= 11 is 3.46. The number of fused-ring (bicyclic) bond motifs is 1. The zero-order valence-electron chi connectivity index (χ0n) is 15.5. The minimum absolute atomic E-state index is 0.0722. The lowest BCUT2D eigenvalue weighted by molar-refractivity contribution is -0.101. The minimum atomic E-state index is -1.11. The number of halogens is 1. The predicted molar refractivity (Wildman–Crippen MR) is 105 cm³/mol. The molecule has 1 atom stereocenters. The summed E-state index contributed by atoms with van der Waals surface area (Å²) < 4.78 is 25.4. The van der Waals surface area contributed by atoms with Crippen molar-refractivity contribution in [1.82, 2.24) is 14.8 Å². The first kappa shape index (κ1) is 19.8. The van der Waals surface area contributed by atoms with Crippen molar-refractivity contribution >= 4 is 35.0 Å². The molecule has 0 radical (unpaired) electrons. The zero-order valence-corrected chi connectivity index (χ0v) is 18.1. The van der Waals surface area contributed by atoms with Crippen LogP contribution in [-0.4, -0.2) is 62.0 Å². The molecule has 0 amide bonds. The lowest BCUT2D eigenvalue weighted by atomic mass is 10.3. The molecule has 0 aromatic carbocycles. The fourth-order valence-corrected chi connectivity index (χ4v) is 3.62. The highest BCUT2D eigenvalue weighted by Crippen LogP contribution is 2.26. The third-order valence-corrected chi connectivity index (χ3v) is 6.16. The summed E-state index contributed by atoms with van der Waals surface area (Å²) in [6, 6.07) is 3.08. The molecule has 2 aromatic heterocycles. The van der Waals surface area contributed by atoms with Crippen LogP contribution in [0.5, 0.6) is 5.88 Å². The van der Waals surface area contributed by atoms with Crippen molar-refractivity contribution in [2.75, 3.05) is 33.0 Å². The van der Waals surface area contributed by atoms with Gasteiger partial charge >= 0.3 is 0 Å². The zero-order chi connectivity index (χ0) is 18.6. The maximum Gasteiger partial charge on any atom is 0.242 e. The quantitative estimate of drug-likeness (QED) is 0.460. The van der Waals surface area contributed by atoms with Gasteiger partial charge in [0.05, 0.1) is 25.2 Å². The Labute approximate surface area is 163 Å². The first-order valence-corrected chi connectivity index (χ1v) is 13.3. The fraction of sp³-hybridized carbons (Fsp3) is 0.647. The van der Waals surface area contributed by atoms with Gasteiger partial charge in [-0.3, -0.25) is 0 Å². The second-order valence-corrected chi connectivity index (χ2v) is 14.1. The van der Waals surface area contributed by atoms with E-state index in [4.69, 9.17) is 18.9 Å². The molecule has 9 heteroatoms. The van der Waals surface area contributed by atoms with E-state index in [9.17, 15) is 0 Å². The fourth-order valence-electron chi connectivity index (χ4n) is 2.54. The number of pyridine rings is 1. The molecule has 7 nitrogen and oxygen atoms in total. The smallest absolute Gasteiger partial charge is 0.242 e. The Hall–Kier alpha value is -1.00. The monoisotopic (exact) mass is 443 g/mol. The maximum atomic E-state index is 5.91. The summed E-state index contributed by atoms with van der Waals surface area (Å²) in [7, 11) is -1.11. The van der Waals surface area contributed by atoms with Gasteiger partial charge in [0.15, 0.2) is 5.65 Å². The van der Waals surface area contributed by atoms with Gasteiger partial charge in [0.2, 0.25) is 5.88 Å². The third-order valence-electron chi connectivity index (χ3n) is 4.02. The van der Waals surface area contributed by atoms with Crippen LogP contribution in [-0.2, 0) is 20.9 Å². The largest absolute Gasteiger partial charge is 0.473 e. The van der Waals surface area contributed by atoms with Gasteiger partial charge in [0.1, 0.15) is 19.4 Å². The van der Waals surface area contributed by atoms with E-state index in [0.717, 1.165) is 28.2 Å². The van der Waals surface area contributed by atoms with E-state index in [1.165, 1.54) is 0 Å². The van der Waals surface area contributed by atoms with E-state index < -0.39 is 8.07 Å². The van der Waals surface area contributed by atoms with E-state index in [2.05, 4.69) is 45.7 Å². The van der Waals surface area contributed by atoms with Gasteiger partial charge in [-0.1, -0.05) is 19.6 Å². The average molecular weight is 444 g/mol. The number of ether oxygens (including phenoxy) is 4. The Morgan fingerprint density at radius 2 is 2.19 bits per heavy atom. The highest BCUT2D eigenvalue weighted by molar-refractivity contribution is 9.10. The molecule has 144 valence electrons. The van der Waals surface area contributed by atoms with E-state index in [-0.39, 0.29) is 6.10 Å². The van der Waals surface area contributed by atoms with Crippen LogP contribution in [0.15, 0.2) is 16.7 Å². The maximum absolute atomic E-state index is 5.91. The Morgan fingerprint density at radius 1 is 1.35 bits per heavy atom. The molecule has 0 aliphatic carbocycles. The SMILES string of the molecule is C[Si](C)(C)CCOCn1nc(OCC2COCCO2)c2cc(Br)cnc21. The Kier molecular flexibility index (Phi) is 6.68. The van der Waals surface area contributed by atoms with Crippen molar-refractivity contribution in [3.63, 3.8) is 0 Å². The van der Waals surface area contributed by atoms with Crippen LogP contribution in [0.25, 0.3) is 11.0 Å². The predicted octanol–water partition coefficient (Wildman–Crippen LogP) is 3.30. The van der Waals surface area contributed by atoms with Gasteiger partial charge in [-0.2, -0.15) is 0 Å². The number of nitrogens with zero attached hydrogens (tertiary/aromatic N) is 3. The number of aromatic nitrogens is 3. The summed E-state index contributed by atoms with van der Waals surface area (Å²) in [6.07, 6.45) is 1.68. The summed E-state index contributed by atoms with van der Waals surface area (Å²) in [5.41, 5.74) is 0.747. The van der Waals surface area contributed by atoms with E-state index >= 15 is 0 Å². The molecule has 2 aromatic rings. The number of rotatable bonds is 8. The van der Waals surface area contributed by atoms with E-state index in [1.807, 2.05) is 6.07 Å².